The standard InChI is InChI=1S/C21H12F6N2/c22-20(23,24)15-9-14(10-16(11-15)21(25,26)27)12-5-7-13(8-6-12)19-28-17-3-1-2-4-18(17)29-19/h1-11H,(H,28,29). The molecule has 0 atom stereocenters. The third-order valence-corrected chi connectivity index (χ3v) is 4.47. The molecule has 8 heteroatoms. The molecule has 0 radical (unpaired) electrons. The lowest BCUT2D eigenvalue weighted by molar-refractivity contribution is -0.143. The molecular weight excluding hydrogens is 394 g/mol. The van der Waals surface area contributed by atoms with Gasteiger partial charge in [-0.2, -0.15) is 26.3 Å². The topological polar surface area (TPSA) is 28.7 Å². The Morgan fingerprint density at radius 1 is 0.621 bits per heavy atom. The zero-order valence-corrected chi connectivity index (χ0v) is 14.6. The fraction of sp³-hybridized carbons (Fsp3) is 0.0952. The molecule has 2 nitrogen and oxygen atoms in total. The molecule has 0 saturated heterocycles. The van der Waals surface area contributed by atoms with Crippen LogP contribution in [-0.4, -0.2) is 9.97 Å². The molecule has 4 aromatic rings. The molecule has 0 aliphatic carbocycles. The molecule has 0 aliphatic rings. The fourth-order valence-electron chi connectivity index (χ4n) is 3.03. The lowest BCUT2D eigenvalue weighted by Crippen LogP contribution is -2.11. The maximum atomic E-state index is 13.1. The average Bonchev–Trinajstić information content (AvgIpc) is 3.10. The number of hydrogen-bond acceptors (Lipinski definition) is 1. The van der Waals surface area contributed by atoms with Crippen molar-refractivity contribution in [2.24, 2.45) is 0 Å². The third-order valence-electron chi connectivity index (χ3n) is 4.47. The number of benzene rings is 3. The first-order valence-electron chi connectivity index (χ1n) is 8.46. The molecule has 1 heterocycles. The highest BCUT2D eigenvalue weighted by Gasteiger charge is 2.37. The predicted octanol–water partition coefficient (Wildman–Crippen LogP) is 6.93. The van der Waals surface area contributed by atoms with Crippen molar-refractivity contribution in [2.45, 2.75) is 12.4 Å². The summed E-state index contributed by atoms with van der Waals surface area (Å²) in [6.45, 7) is 0. The molecule has 1 aromatic heterocycles. The van der Waals surface area contributed by atoms with Gasteiger partial charge in [-0.25, -0.2) is 4.98 Å². The van der Waals surface area contributed by atoms with Gasteiger partial charge in [-0.15, -0.1) is 0 Å². The summed E-state index contributed by atoms with van der Waals surface area (Å²) >= 11 is 0. The lowest BCUT2D eigenvalue weighted by Gasteiger charge is -2.14. The molecular formula is C21H12F6N2. The largest absolute Gasteiger partial charge is 0.416 e. The van der Waals surface area contributed by atoms with Crippen molar-refractivity contribution in [3.05, 3.63) is 77.9 Å². The number of halogens is 6. The van der Waals surface area contributed by atoms with Gasteiger partial charge in [0, 0.05) is 5.56 Å². The monoisotopic (exact) mass is 406 g/mol. The minimum absolute atomic E-state index is 0.117. The first kappa shape index (κ1) is 19.0. The van der Waals surface area contributed by atoms with Gasteiger partial charge < -0.3 is 4.98 Å². The molecule has 0 unspecified atom stereocenters. The number of imidazole rings is 1. The number of rotatable bonds is 2. The second kappa shape index (κ2) is 6.65. The van der Waals surface area contributed by atoms with Crippen molar-refractivity contribution in [1.82, 2.24) is 9.97 Å². The Bertz CT molecular complexity index is 1110. The number of aromatic amines is 1. The first-order chi connectivity index (χ1) is 13.6. The smallest absolute Gasteiger partial charge is 0.338 e. The summed E-state index contributed by atoms with van der Waals surface area (Å²) in [6.07, 6.45) is -9.77. The van der Waals surface area contributed by atoms with E-state index < -0.39 is 23.5 Å². The van der Waals surface area contributed by atoms with E-state index in [-0.39, 0.29) is 17.2 Å². The summed E-state index contributed by atoms with van der Waals surface area (Å²) in [4.78, 5) is 7.55. The maximum Gasteiger partial charge on any atom is 0.416 e. The fourth-order valence-corrected chi connectivity index (χ4v) is 3.03. The summed E-state index contributed by atoms with van der Waals surface area (Å²) in [5.41, 5.74) is -0.386. The van der Waals surface area contributed by atoms with Crippen LogP contribution in [0.1, 0.15) is 11.1 Å². The van der Waals surface area contributed by atoms with Crippen molar-refractivity contribution in [3.63, 3.8) is 0 Å². The lowest BCUT2D eigenvalue weighted by atomic mass is 9.98. The van der Waals surface area contributed by atoms with Crippen LogP contribution < -0.4 is 0 Å². The number of nitrogens with zero attached hydrogens (tertiary/aromatic N) is 1. The average molecular weight is 406 g/mol. The third kappa shape index (κ3) is 3.83. The van der Waals surface area contributed by atoms with Gasteiger partial charge in [0.05, 0.1) is 22.2 Å². The van der Waals surface area contributed by atoms with Crippen LogP contribution in [0.15, 0.2) is 66.7 Å². The van der Waals surface area contributed by atoms with Crippen LogP contribution in [0.5, 0.6) is 0 Å². The van der Waals surface area contributed by atoms with Crippen LogP contribution in [0.25, 0.3) is 33.5 Å². The molecule has 1 N–H and O–H groups in total. The van der Waals surface area contributed by atoms with Gasteiger partial charge in [-0.05, 0) is 41.5 Å². The molecule has 0 fully saturated rings. The number of hydrogen-bond donors (Lipinski definition) is 1. The van der Waals surface area contributed by atoms with Gasteiger partial charge in [-0.3, -0.25) is 0 Å². The quantitative estimate of drug-likeness (QED) is 0.359. The zero-order valence-electron chi connectivity index (χ0n) is 14.6. The van der Waals surface area contributed by atoms with Crippen molar-refractivity contribution >= 4 is 11.0 Å². The van der Waals surface area contributed by atoms with E-state index in [1.807, 2.05) is 24.3 Å². The Morgan fingerprint density at radius 3 is 1.72 bits per heavy atom. The van der Waals surface area contributed by atoms with E-state index in [2.05, 4.69) is 9.97 Å². The first-order valence-corrected chi connectivity index (χ1v) is 8.46. The van der Waals surface area contributed by atoms with Crippen molar-refractivity contribution in [2.75, 3.05) is 0 Å². The number of aromatic nitrogens is 2. The van der Waals surface area contributed by atoms with Crippen LogP contribution in [-0.2, 0) is 12.4 Å². The molecule has 0 amide bonds. The Morgan fingerprint density at radius 2 is 1.17 bits per heavy atom. The van der Waals surface area contributed by atoms with Gasteiger partial charge >= 0.3 is 12.4 Å². The van der Waals surface area contributed by atoms with E-state index in [1.165, 1.54) is 12.1 Å². The van der Waals surface area contributed by atoms with Crippen LogP contribution >= 0.6 is 0 Å². The Balaban J connectivity index is 1.75. The SMILES string of the molecule is FC(F)(F)c1cc(-c2ccc(-c3nc4ccccc4[nH]3)cc2)cc(C(F)(F)F)c1. The summed E-state index contributed by atoms with van der Waals surface area (Å²) < 4.78 is 78.4. The normalized spacial score (nSPS) is 12.5. The summed E-state index contributed by atoms with van der Waals surface area (Å²) in [5.74, 6) is 0.553. The molecule has 3 aromatic carbocycles. The number of fused-ring (bicyclic) bond motifs is 1. The predicted molar refractivity (Wildman–Crippen MR) is 97.0 cm³/mol. The van der Waals surface area contributed by atoms with Gasteiger partial charge in [0.2, 0.25) is 0 Å². The second-order valence-electron chi connectivity index (χ2n) is 6.47. The van der Waals surface area contributed by atoms with E-state index in [4.69, 9.17) is 0 Å². The molecule has 0 spiro atoms. The highest BCUT2D eigenvalue weighted by atomic mass is 19.4. The number of nitrogens with one attached hydrogen (secondary N) is 1. The summed E-state index contributed by atoms with van der Waals surface area (Å²) in [7, 11) is 0. The molecule has 0 aliphatic heterocycles. The zero-order chi connectivity index (χ0) is 20.8. The van der Waals surface area contributed by atoms with E-state index in [9.17, 15) is 26.3 Å². The van der Waals surface area contributed by atoms with E-state index in [0.717, 1.165) is 11.0 Å². The Kier molecular flexibility index (Phi) is 4.37. The highest BCUT2D eigenvalue weighted by Crippen LogP contribution is 2.38. The van der Waals surface area contributed by atoms with Gasteiger partial charge in [0.25, 0.3) is 0 Å². The maximum absolute atomic E-state index is 13.1. The van der Waals surface area contributed by atoms with Gasteiger partial charge in [-0.1, -0.05) is 36.4 Å². The van der Waals surface area contributed by atoms with Gasteiger partial charge in [0.15, 0.2) is 0 Å². The molecule has 0 bridgehead atoms. The van der Waals surface area contributed by atoms with Crippen molar-refractivity contribution in [1.29, 1.82) is 0 Å². The number of H-pyrrole nitrogens is 1. The van der Waals surface area contributed by atoms with E-state index in [0.29, 0.717) is 23.5 Å². The number of alkyl halides is 6. The van der Waals surface area contributed by atoms with Crippen LogP contribution in [0.4, 0.5) is 26.3 Å². The molecule has 148 valence electrons. The van der Waals surface area contributed by atoms with E-state index in [1.54, 1.807) is 12.1 Å². The second-order valence-corrected chi connectivity index (χ2v) is 6.47. The van der Waals surface area contributed by atoms with Crippen LogP contribution in [0.3, 0.4) is 0 Å². The Hall–Kier alpha value is -3.29. The Labute approximate surface area is 160 Å². The minimum atomic E-state index is -4.88. The minimum Gasteiger partial charge on any atom is -0.338 e. The summed E-state index contributed by atoms with van der Waals surface area (Å²) in [5, 5.41) is 0. The molecule has 29 heavy (non-hydrogen) atoms. The molecule has 0 saturated carbocycles. The molecule has 4 rings (SSSR count). The van der Waals surface area contributed by atoms with Crippen LogP contribution in [0.2, 0.25) is 0 Å². The number of para-hydroxylation sites is 2. The van der Waals surface area contributed by atoms with Crippen molar-refractivity contribution in [3.8, 4) is 22.5 Å². The van der Waals surface area contributed by atoms with Crippen LogP contribution in [0, 0.1) is 0 Å². The highest BCUT2D eigenvalue weighted by molar-refractivity contribution is 5.79. The van der Waals surface area contributed by atoms with E-state index >= 15 is 0 Å². The van der Waals surface area contributed by atoms with Crippen molar-refractivity contribution < 1.29 is 26.3 Å². The summed E-state index contributed by atoms with van der Waals surface area (Å²) in [6, 6.07) is 15.0. The van der Waals surface area contributed by atoms with Gasteiger partial charge in [0.1, 0.15) is 5.82 Å².